The Kier molecular flexibility index (Phi) is 4.41. The van der Waals surface area contributed by atoms with E-state index in [1.165, 1.54) is 18.9 Å². The van der Waals surface area contributed by atoms with Crippen molar-refractivity contribution in [3.8, 4) is 0 Å². The summed E-state index contributed by atoms with van der Waals surface area (Å²) < 4.78 is 4.65. The number of methoxy groups -OCH3 is 1. The van der Waals surface area contributed by atoms with Crippen LogP contribution in [0.1, 0.15) is 0 Å². The number of carbonyl (C=O) groups is 2. The minimum Gasteiger partial charge on any atom is -0.468 e. The molecule has 8 heteroatoms. The van der Waals surface area contributed by atoms with Crippen LogP contribution in [0.15, 0.2) is 35.3 Å². The van der Waals surface area contributed by atoms with Crippen LogP contribution in [-0.4, -0.2) is 42.6 Å². The molecule has 2 N–H and O–H groups in total. The number of amides is 1. The van der Waals surface area contributed by atoms with Gasteiger partial charge in [0.1, 0.15) is 6.17 Å². The molecule has 2 heterocycles. The van der Waals surface area contributed by atoms with E-state index in [0.717, 1.165) is 5.69 Å². The van der Waals surface area contributed by atoms with Crippen molar-refractivity contribution in [2.75, 3.05) is 24.3 Å². The van der Waals surface area contributed by atoms with E-state index in [1.807, 2.05) is 30.3 Å². The van der Waals surface area contributed by atoms with Crippen LogP contribution >= 0.6 is 11.8 Å². The first-order valence-corrected chi connectivity index (χ1v) is 7.84. The van der Waals surface area contributed by atoms with Crippen LogP contribution in [0.4, 0.5) is 5.69 Å². The van der Waals surface area contributed by atoms with Crippen LogP contribution in [0.25, 0.3) is 0 Å². The van der Waals surface area contributed by atoms with Crippen molar-refractivity contribution in [3.05, 3.63) is 30.3 Å². The van der Waals surface area contributed by atoms with Crippen LogP contribution in [0, 0.1) is 5.92 Å². The molecule has 3 rings (SSSR count). The molecule has 0 saturated carbocycles. The van der Waals surface area contributed by atoms with Gasteiger partial charge in [0.05, 0.1) is 24.5 Å². The number of hydrogen-bond acceptors (Lipinski definition) is 7. The first kappa shape index (κ1) is 15.0. The Morgan fingerprint density at radius 1 is 1.45 bits per heavy atom. The normalized spacial score (nSPS) is 24.0. The molecule has 0 bridgehead atoms. The summed E-state index contributed by atoms with van der Waals surface area (Å²) in [6.07, 6.45) is -0.299. The molecule has 2 aliphatic heterocycles. The average molecular weight is 320 g/mol. The Bertz CT molecular complexity index is 607. The highest BCUT2D eigenvalue weighted by Gasteiger charge is 2.42. The molecule has 0 aliphatic carbocycles. The molecule has 22 heavy (non-hydrogen) atoms. The number of rotatable bonds is 3. The number of hydrogen-bond donors (Lipinski definition) is 2. The minimum atomic E-state index is -0.354. The van der Waals surface area contributed by atoms with Crippen LogP contribution in [0.2, 0.25) is 0 Å². The van der Waals surface area contributed by atoms with E-state index < -0.39 is 0 Å². The summed E-state index contributed by atoms with van der Waals surface area (Å²) in [6, 6.07) is 9.31. The fourth-order valence-corrected chi connectivity index (χ4v) is 3.24. The summed E-state index contributed by atoms with van der Waals surface area (Å²) in [5.74, 6) is -0.525. The molecule has 1 fully saturated rings. The van der Waals surface area contributed by atoms with Crippen molar-refractivity contribution in [1.82, 2.24) is 10.9 Å². The summed E-state index contributed by atoms with van der Waals surface area (Å²) in [5.41, 5.74) is 6.68. The van der Waals surface area contributed by atoms with Crippen molar-refractivity contribution in [2.24, 2.45) is 10.9 Å². The average Bonchev–Trinajstić information content (AvgIpc) is 3.02. The van der Waals surface area contributed by atoms with Gasteiger partial charge < -0.3 is 4.74 Å². The monoisotopic (exact) mass is 320 g/mol. The maximum Gasteiger partial charge on any atom is 0.316 e. The van der Waals surface area contributed by atoms with Crippen LogP contribution in [0.3, 0.4) is 0 Å². The third-order valence-corrected chi connectivity index (χ3v) is 4.42. The molecule has 7 nitrogen and oxygen atoms in total. The second kappa shape index (κ2) is 6.47. The van der Waals surface area contributed by atoms with Crippen LogP contribution in [-0.2, 0) is 14.3 Å². The number of amidine groups is 1. The molecule has 2 atom stereocenters. The minimum absolute atomic E-state index is 0.0314. The Hall–Kier alpha value is -1.90. The van der Waals surface area contributed by atoms with Gasteiger partial charge in [-0.05, 0) is 12.1 Å². The Morgan fingerprint density at radius 2 is 2.23 bits per heavy atom. The summed E-state index contributed by atoms with van der Waals surface area (Å²) in [5, 5.41) is 0.499. The lowest BCUT2D eigenvalue weighted by Gasteiger charge is -2.32. The van der Waals surface area contributed by atoms with Gasteiger partial charge in [-0.15, -0.1) is 0 Å². The summed E-state index contributed by atoms with van der Waals surface area (Å²) in [7, 11) is 1.34. The molecule has 2 aliphatic rings. The van der Waals surface area contributed by atoms with Crippen molar-refractivity contribution < 1.29 is 14.3 Å². The van der Waals surface area contributed by atoms with Crippen LogP contribution < -0.4 is 15.8 Å². The van der Waals surface area contributed by atoms with Gasteiger partial charge >= 0.3 is 5.97 Å². The lowest BCUT2D eigenvalue weighted by Crippen LogP contribution is -2.49. The van der Waals surface area contributed by atoms with Gasteiger partial charge in [-0.2, -0.15) is 0 Å². The SMILES string of the molecule is COC(=O)CSC1=NC2NNCC2C(=O)N1c1ccccc1. The van der Waals surface area contributed by atoms with Gasteiger partial charge in [-0.3, -0.25) is 19.9 Å². The largest absolute Gasteiger partial charge is 0.468 e. The summed E-state index contributed by atoms with van der Waals surface area (Å²) >= 11 is 1.20. The number of thioether (sulfide) groups is 1. The molecule has 1 aromatic carbocycles. The van der Waals surface area contributed by atoms with Crippen molar-refractivity contribution in [2.45, 2.75) is 6.17 Å². The molecule has 0 aromatic heterocycles. The summed E-state index contributed by atoms with van der Waals surface area (Å²) in [6.45, 7) is 0.533. The molecular weight excluding hydrogens is 304 g/mol. The van der Waals surface area contributed by atoms with E-state index in [4.69, 9.17) is 0 Å². The Balaban J connectivity index is 1.90. The highest BCUT2D eigenvalue weighted by Crippen LogP contribution is 2.29. The zero-order chi connectivity index (χ0) is 15.5. The number of hydrazine groups is 1. The number of fused-ring (bicyclic) bond motifs is 1. The van der Waals surface area contributed by atoms with Gasteiger partial charge in [-0.25, -0.2) is 10.4 Å². The smallest absolute Gasteiger partial charge is 0.316 e. The van der Waals surface area contributed by atoms with E-state index >= 15 is 0 Å². The summed E-state index contributed by atoms with van der Waals surface area (Å²) in [4.78, 5) is 30.3. The zero-order valence-electron chi connectivity index (χ0n) is 12.0. The second-order valence-electron chi connectivity index (χ2n) is 4.86. The Labute approximate surface area is 132 Å². The van der Waals surface area contributed by atoms with Gasteiger partial charge in [-0.1, -0.05) is 30.0 Å². The maximum atomic E-state index is 12.8. The topological polar surface area (TPSA) is 83.0 Å². The standard InChI is InChI=1S/C14H16N4O3S/c1-21-11(19)8-22-14-16-12-10(7-15-17-12)13(20)18(14)9-5-3-2-4-6-9/h2-6,10,12,15,17H,7-8H2,1H3. The first-order chi connectivity index (χ1) is 10.7. The highest BCUT2D eigenvalue weighted by molar-refractivity contribution is 8.14. The fraction of sp³-hybridized carbons (Fsp3) is 0.357. The predicted octanol–water partition coefficient (Wildman–Crippen LogP) is 0.346. The molecule has 0 spiro atoms. The highest BCUT2D eigenvalue weighted by atomic mass is 32.2. The van der Waals surface area contributed by atoms with Gasteiger partial charge in [0.2, 0.25) is 5.91 Å². The van der Waals surface area contributed by atoms with Crippen molar-refractivity contribution in [1.29, 1.82) is 0 Å². The van der Waals surface area contributed by atoms with Crippen LogP contribution in [0.5, 0.6) is 0 Å². The van der Waals surface area contributed by atoms with E-state index in [-0.39, 0.29) is 29.7 Å². The number of esters is 1. The lowest BCUT2D eigenvalue weighted by atomic mass is 10.1. The number of nitrogens with zero attached hydrogens (tertiary/aromatic N) is 2. The predicted molar refractivity (Wildman–Crippen MR) is 84.3 cm³/mol. The van der Waals surface area contributed by atoms with Crippen molar-refractivity contribution in [3.63, 3.8) is 0 Å². The molecular formula is C14H16N4O3S. The third kappa shape index (κ3) is 2.85. The number of anilines is 1. The molecule has 2 unspecified atom stereocenters. The number of ether oxygens (including phenoxy) is 1. The lowest BCUT2D eigenvalue weighted by molar-refractivity contribution is -0.137. The fourth-order valence-electron chi connectivity index (χ4n) is 2.37. The number of aliphatic imine (C=N–C) groups is 1. The molecule has 1 amide bonds. The Morgan fingerprint density at radius 3 is 2.95 bits per heavy atom. The molecule has 1 saturated heterocycles. The first-order valence-electron chi connectivity index (χ1n) is 6.85. The number of nitrogens with one attached hydrogen (secondary N) is 2. The van der Waals surface area contributed by atoms with Crippen molar-refractivity contribution >= 4 is 34.5 Å². The molecule has 116 valence electrons. The third-order valence-electron chi connectivity index (χ3n) is 3.49. The van der Waals surface area contributed by atoms with E-state index in [9.17, 15) is 9.59 Å². The number of carbonyl (C=O) groups excluding carboxylic acids is 2. The molecule has 1 aromatic rings. The second-order valence-corrected chi connectivity index (χ2v) is 5.80. The van der Waals surface area contributed by atoms with E-state index in [2.05, 4.69) is 20.6 Å². The van der Waals surface area contributed by atoms with Gasteiger partial charge in [0.15, 0.2) is 5.17 Å². The number of para-hydroxylation sites is 1. The maximum absolute atomic E-state index is 12.8. The molecule has 0 radical (unpaired) electrons. The van der Waals surface area contributed by atoms with E-state index in [1.54, 1.807) is 4.90 Å². The number of benzene rings is 1. The quantitative estimate of drug-likeness (QED) is 0.782. The van der Waals surface area contributed by atoms with E-state index in [0.29, 0.717) is 11.7 Å². The zero-order valence-corrected chi connectivity index (χ0v) is 12.8. The van der Waals surface area contributed by atoms with Gasteiger partial charge in [0.25, 0.3) is 0 Å². The van der Waals surface area contributed by atoms with Gasteiger partial charge in [0, 0.05) is 6.54 Å².